The number of likely N-dealkylation sites (N-methyl/N-ethyl adjacent to an activating group) is 1. The highest BCUT2D eigenvalue weighted by Gasteiger charge is 2.28. The summed E-state index contributed by atoms with van der Waals surface area (Å²) >= 11 is 0. The third-order valence-corrected chi connectivity index (χ3v) is 6.31. The number of benzene rings is 1. The Morgan fingerprint density at radius 2 is 1.94 bits per heavy atom. The van der Waals surface area contributed by atoms with Gasteiger partial charge in [-0.05, 0) is 48.7 Å². The molecule has 0 spiro atoms. The number of fused-ring (bicyclic) bond motifs is 1. The van der Waals surface area contributed by atoms with Crippen molar-refractivity contribution in [1.82, 2.24) is 14.8 Å². The number of aromatic nitrogens is 1. The van der Waals surface area contributed by atoms with Crippen LogP contribution in [0.15, 0.2) is 42.7 Å². The van der Waals surface area contributed by atoms with Gasteiger partial charge in [-0.1, -0.05) is 13.8 Å². The number of nitrogens with zero attached hydrogens (tertiary/aromatic N) is 3. The minimum atomic E-state index is -0.168. The minimum Gasteiger partial charge on any atom is -0.491 e. The summed E-state index contributed by atoms with van der Waals surface area (Å²) in [6.07, 6.45) is 3.84. The van der Waals surface area contributed by atoms with Crippen LogP contribution in [0.5, 0.6) is 5.75 Å². The molecule has 1 aromatic carbocycles. The van der Waals surface area contributed by atoms with E-state index in [0.29, 0.717) is 36.6 Å². The average molecular weight is 469 g/mol. The second kappa shape index (κ2) is 11.9. The molecule has 0 unspecified atom stereocenters. The van der Waals surface area contributed by atoms with Gasteiger partial charge in [-0.3, -0.25) is 19.5 Å². The van der Waals surface area contributed by atoms with Crippen LogP contribution in [-0.4, -0.2) is 72.6 Å². The Kier molecular flexibility index (Phi) is 9.01. The van der Waals surface area contributed by atoms with Gasteiger partial charge in [0.2, 0.25) is 5.91 Å². The van der Waals surface area contributed by atoms with Crippen LogP contribution in [0.3, 0.4) is 0 Å². The predicted octanol–water partition coefficient (Wildman–Crippen LogP) is 3.44. The van der Waals surface area contributed by atoms with Crippen molar-refractivity contribution in [1.29, 1.82) is 0 Å². The number of amides is 2. The fourth-order valence-electron chi connectivity index (χ4n) is 4.12. The molecule has 34 heavy (non-hydrogen) atoms. The fourth-order valence-corrected chi connectivity index (χ4v) is 4.12. The molecule has 0 bridgehead atoms. The molecule has 184 valence electrons. The van der Waals surface area contributed by atoms with E-state index in [-0.39, 0.29) is 29.9 Å². The van der Waals surface area contributed by atoms with E-state index in [2.05, 4.69) is 29.0 Å². The quantitative estimate of drug-likeness (QED) is 0.724. The smallest absolute Gasteiger partial charge is 0.257 e. The highest BCUT2D eigenvalue weighted by atomic mass is 16.5. The highest BCUT2D eigenvalue weighted by Crippen LogP contribution is 2.27. The van der Waals surface area contributed by atoms with E-state index >= 15 is 0 Å². The van der Waals surface area contributed by atoms with E-state index in [1.165, 1.54) is 5.56 Å². The molecule has 8 nitrogen and oxygen atoms in total. The molecule has 3 atom stereocenters. The number of hydrogen-bond donors (Lipinski definition) is 1. The van der Waals surface area contributed by atoms with Gasteiger partial charge in [0.15, 0.2) is 0 Å². The molecule has 1 N–H and O–H groups in total. The van der Waals surface area contributed by atoms with Gasteiger partial charge in [0.05, 0.1) is 11.7 Å². The lowest BCUT2D eigenvalue weighted by molar-refractivity contribution is -0.115. The second-order valence-electron chi connectivity index (χ2n) is 8.99. The van der Waals surface area contributed by atoms with Crippen LogP contribution in [0, 0.1) is 5.92 Å². The number of carbonyl (C=O) groups is 2. The second-order valence-corrected chi connectivity index (χ2v) is 8.99. The van der Waals surface area contributed by atoms with Gasteiger partial charge in [-0.15, -0.1) is 0 Å². The van der Waals surface area contributed by atoms with Gasteiger partial charge in [-0.2, -0.15) is 0 Å². The summed E-state index contributed by atoms with van der Waals surface area (Å²) in [7, 11) is 3.46. The number of ether oxygens (including phenoxy) is 2. The fraction of sp³-hybridized carbons (Fsp3) is 0.500. The average Bonchev–Trinajstić information content (AvgIpc) is 2.85. The maximum Gasteiger partial charge on any atom is 0.257 e. The largest absolute Gasteiger partial charge is 0.491 e. The summed E-state index contributed by atoms with van der Waals surface area (Å²) in [5.74, 6) is 0.408. The highest BCUT2D eigenvalue weighted by molar-refractivity contribution is 5.99. The molecule has 8 heteroatoms. The van der Waals surface area contributed by atoms with Crippen molar-refractivity contribution in [3.8, 4) is 5.75 Å². The number of pyridine rings is 1. The molecule has 1 aliphatic rings. The summed E-state index contributed by atoms with van der Waals surface area (Å²) in [5, 5.41) is 2.83. The molecule has 1 aliphatic heterocycles. The molecule has 0 saturated heterocycles. The topological polar surface area (TPSA) is 84.0 Å². The molecule has 0 saturated carbocycles. The Hall–Kier alpha value is -2.97. The van der Waals surface area contributed by atoms with Gasteiger partial charge >= 0.3 is 0 Å². The van der Waals surface area contributed by atoms with Crippen LogP contribution in [0.1, 0.15) is 43.1 Å². The number of nitrogens with one attached hydrogen (secondary N) is 1. The summed E-state index contributed by atoms with van der Waals surface area (Å²) in [6, 6.07) is 9.36. The first-order valence-corrected chi connectivity index (χ1v) is 11.8. The summed E-state index contributed by atoms with van der Waals surface area (Å²) in [5.41, 5.74) is 2.18. The first-order valence-electron chi connectivity index (χ1n) is 11.8. The Morgan fingerprint density at radius 1 is 1.21 bits per heavy atom. The maximum absolute atomic E-state index is 13.4. The van der Waals surface area contributed by atoms with Crippen LogP contribution < -0.4 is 10.1 Å². The van der Waals surface area contributed by atoms with E-state index in [1.807, 2.05) is 12.1 Å². The van der Waals surface area contributed by atoms with E-state index in [0.717, 1.165) is 13.1 Å². The van der Waals surface area contributed by atoms with Crippen LogP contribution in [0.25, 0.3) is 0 Å². The molecule has 2 heterocycles. The molecular formula is C26H36N4O4. The van der Waals surface area contributed by atoms with Crippen LogP contribution in [-0.2, 0) is 16.1 Å². The molecule has 0 fully saturated rings. The summed E-state index contributed by atoms with van der Waals surface area (Å²) in [4.78, 5) is 33.4. The van der Waals surface area contributed by atoms with E-state index in [9.17, 15) is 9.59 Å². The molecule has 2 aromatic rings. The molecular weight excluding hydrogens is 432 g/mol. The first kappa shape index (κ1) is 25.6. The van der Waals surface area contributed by atoms with Crippen LogP contribution in [0.4, 0.5) is 5.69 Å². The Balaban J connectivity index is 1.93. The molecule has 2 amide bonds. The van der Waals surface area contributed by atoms with E-state index in [4.69, 9.17) is 9.47 Å². The zero-order chi connectivity index (χ0) is 24.7. The van der Waals surface area contributed by atoms with Crippen molar-refractivity contribution in [3.63, 3.8) is 0 Å². The maximum atomic E-state index is 13.4. The molecule has 0 radical (unpaired) electrons. The van der Waals surface area contributed by atoms with Crippen molar-refractivity contribution >= 4 is 17.5 Å². The SMILES string of the molecule is CCC(=O)Nc1ccc2c(c1)C(=O)N(C)C[C@@H](OC)[C@@H](C)CN(Cc1ccncc1)[C@@H](C)CO2. The Labute approximate surface area is 202 Å². The van der Waals surface area contributed by atoms with Crippen molar-refractivity contribution < 1.29 is 19.1 Å². The zero-order valence-corrected chi connectivity index (χ0v) is 20.8. The lowest BCUT2D eigenvalue weighted by atomic mass is 10.0. The summed E-state index contributed by atoms with van der Waals surface area (Å²) < 4.78 is 12.0. The first-order chi connectivity index (χ1) is 16.3. The molecule has 1 aromatic heterocycles. The number of carbonyl (C=O) groups excluding carboxylic acids is 2. The number of methoxy groups -OCH3 is 1. The molecule has 0 aliphatic carbocycles. The van der Waals surface area contributed by atoms with Gasteiger partial charge < -0.3 is 19.7 Å². The standard InChI is InChI=1S/C26H36N4O4/c1-6-25(31)28-21-7-8-23-22(13-21)26(32)29(4)16-24(33-5)18(2)14-30(19(3)17-34-23)15-20-9-11-27-12-10-20/h7-13,18-19,24H,6,14-17H2,1-5H3,(H,28,31)/t18-,19-,24+/m0/s1. The number of anilines is 1. The number of hydrogen-bond acceptors (Lipinski definition) is 6. The normalized spacial score (nSPS) is 22.2. The van der Waals surface area contributed by atoms with E-state index in [1.54, 1.807) is 56.6 Å². The Bertz CT molecular complexity index is 969. The zero-order valence-electron chi connectivity index (χ0n) is 20.8. The van der Waals surface area contributed by atoms with Gasteiger partial charge in [0.1, 0.15) is 12.4 Å². The van der Waals surface area contributed by atoms with Crippen LogP contribution >= 0.6 is 0 Å². The van der Waals surface area contributed by atoms with Crippen molar-refractivity contribution in [2.24, 2.45) is 5.92 Å². The van der Waals surface area contributed by atoms with Crippen molar-refractivity contribution in [2.45, 2.75) is 45.9 Å². The third-order valence-electron chi connectivity index (χ3n) is 6.31. The summed E-state index contributed by atoms with van der Waals surface area (Å²) in [6.45, 7) is 8.48. The van der Waals surface area contributed by atoms with E-state index < -0.39 is 0 Å². The third kappa shape index (κ3) is 6.55. The van der Waals surface area contributed by atoms with Crippen molar-refractivity contribution in [3.05, 3.63) is 53.9 Å². The predicted molar refractivity (Wildman–Crippen MR) is 132 cm³/mol. The minimum absolute atomic E-state index is 0.0905. The lowest BCUT2D eigenvalue weighted by Gasteiger charge is -2.36. The lowest BCUT2D eigenvalue weighted by Crippen LogP contribution is -2.46. The van der Waals surface area contributed by atoms with Gasteiger partial charge in [0, 0.05) is 64.3 Å². The number of rotatable bonds is 5. The molecule has 3 rings (SSSR count). The van der Waals surface area contributed by atoms with Gasteiger partial charge in [-0.25, -0.2) is 0 Å². The Morgan fingerprint density at radius 3 is 2.62 bits per heavy atom. The van der Waals surface area contributed by atoms with Crippen molar-refractivity contribution in [2.75, 3.05) is 39.2 Å². The van der Waals surface area contributed by atoms with Gasteiger partial charge in [0.25, 0.3) is 5.91 Å². The monoisotopic (exact) mass is 468 g/mol. The van der Waals surface area contributed by atoms with Crippen LogP contribution in [0.2, 0.25) is 0 Å².